The number of phenols is 1. The van der Waals surface area contributed by atoms with Crippen molar-refractivity contribution in [3.63, 3.8) is 0 Å². The van der Waals surface area contributed by atoms with Crippen molar-refractivity contribution in [1.82, 2.24) is 5.32 Å². The number of benzene rings is 1. The molecule has 0 saturated heterocycles. The van der Waals surface area contributed by atoms with Gasteiger partial charge in [-0.1, -0.05) is 41.5 Å². The Labute approximate surface area is 131 Å². The minimum absolute atomic E-state index is 0.190. The minimum Gasteiger partial charge on any atom is -0.507 e. The van der Waals surface area contributed by atoms with Gasteiger partial charge in [0.2, 0.25) is 0 Å². The van der Waals surface area contributed by atoms with Crippen LogP contribution >= 0.6 is 0 Å². The van der Waals surface area contributed by atoms with Crippen LogP contribution in [-0.2, 0) is 15.6 Å². The van der Waals surface area contributed by atoms with E-state index in [-0.39, 0.29) is 16.6 Å². The summed E-state index contributed by atoms with van der Waals surface area (Å²) in [5, 5.41) is 21.6. The van der Waals surface area contributed by atoms with E-state index in [1.165, 1.54) is 0 Å². The number of hydrogen-bond acceptors (Lipinski definition) is 3. The molecular weight excluding hydrogens is 282 g/mol. The van der Waals surface area contributed by atoms with Crippen LogP contribution in [0.1, 0.15) is 63.0 Å². The molecule has 5 nitrogen and oxygen atoms in total. The van der Waals surface area contributed by atoms with Crippen LogP contribution in [0, 0.1) is 0 Å². The summed E-state index contributed by atoms with van der Waals surface area (Å²) in [6.07, 6.45) is 0. The molecule has 1 rings (SSSR count). The van der Waals surface area contributed by atoms with Crippen LogP contribution in [0.15, 0.2) is 12.1 Å². The van der Waals surface area contributed by atoms with E-state index in [0.29, 0.717) is 16.7 Å². The molecule has 0 aliphatic rings. The van der Waals surface area contributed by atoms with Gasteiger partial charge in [-0.05, 0) is 23.0 Å². The third-order valence-electron chi connectivity index (χ3n) is 3.39. The summed E-state index contributed by atoms with van der Waals surface area (Å²) in [7, 11) is 0. The maximum atomic E-state index is 12.2. The number of nitrogens with one attached hydrogen (secondary N) is 1. The standard InChI is InChI=1S/C17H25NO4/c1-16(2,3)11-7-10(15(22)18-9-13(19)20)8-12(14(11)21)17(4,5)6/h7-8,21H,9H2,1-6H3,(H,18,22)(H,19,20). The predicted molar refractivity (Wildman–Crippen MR) is 85.5 cm³/mol. The lowest BCUT2D eigenvalue weighted by Crippen LogP contribution is -2.30. The van der Waals surface area contributed by atoms with Crippen molar-refractivity contribution in [2.75, 3.05) is 6.54 Å². The molecule has 0 fully saturated rings. The zero-order valence-corrected chi connectivity index (χ0v) is 14.1. The number of rotatable bonds is 3. The van der Waals surface area contributed by atoms with Gasteiger partial charge < -0.3 is 15.5 Å². The highest BCUT2D eigenvalue weighted by Gasteiger charge is 2.27. The molecule has 0 spiro atoms. The molecule has 0 aliphatic carbocycles. The summed E-state index contributed by atoms with van der Waals surface area (Å²) in [6, 6.07) is 3.25. The monoisotopic (exact) mass is 307 g/mol. The summed E-state index contributed by atoms with van der Waals surface area (Å²) in [5.41, 5.74) is 1.01. The first-order valence-corrected chi connectivity index (χ1v) is 7.22. The van der Waals surface area contributed by atoms with Crippen LogP contribution in [0.4, 0.5) is 0 Å². The Morgan fingerprint density at radius 3 is 1.73 bits per heavy atom. The number of carbonyl (C=O) groups excluding carboxylic acids is 1. The summed E-state index contributed by atoms with van der Waals surface area (Å²) in [4.78, 5) is 22.7. The van der Waals surface area contributed by atoms with Crippen LogP contribution < -0.4 is 5.32 Å². The molecule has 22 heavy (non-hydrogen) atoms. The molecule has 0 heterocycles. The minimum atomic E-state index is -1.10. The molecule has 0 aliphatic heterocycles. The Kier molecular flexibility index (Phi) is 4.90. The third kappa shape index (κ3) is 4.23. The van der Waals surface area contributed by atoms with Gasteiger partial charge in [-0.15, -0.1) is 0 Å². The largest absolute Gasteiger partial charge is 0.507 e. The van der Waals surface area contributed by atoms with Crippen LogP contribution in [0.25, 0.3) is 0 Å². The number of aliphatic carboxylic acids is 1. The average molecular weight is 307 g/mol. The molecule has 0 unspecified atom stereocenters. The van der Waals surface area contributed by atoms with E-state index in [1.54, 1.807) is 12.1 Å². The van der Waals surface area contributed by atoms with E-state index in [9.17, 15) is 14.7 Å². The molecule has 1 amide bonds. The highest BCUT2D eigenvalue weighted by atomic mass is 16.4. The Morgan fingerprint density at radius 2 is 1.41 bits per heavy atom. The van der Waals surface area contributed by atoms with Gasteiger partial charge in [0, 0.05) is 16.7 Å². The van der Waals surface area contributed by atoms with Gasteiger partial charge in [0.25, 0.3) is 5.91 Å². The van der Waals surface area contributed by atoms with E-state index < -0.39 is 18.4 Å². The van der Waals surface area contributed by atoms with E-state index in [1.807, 2.05) is 41.5 Å². The zero-order chi connectivity index (χ0) is 17.3. The van der Waals surface area contributed by atoms with Crippen molar-refractivity contribution in [2.45, 2.75) is 52.4 Å². The summed E-state index contributed by atoms with van der Waals surface area (Å²) in [6.45, 7) is 11.3. The quantitative estimate of drug-likeness (QED) is 0.801. The first-order chi connectivity index (χ1) is 9.84. The number of amides is 1. The second-order valence-electron chi connectivity index (χ2n) is 7.50. The van der Waals surface area contributed by atoms with E-state index in [2.05, 4.69) is 5.32 Å². The second kappa shape index (κ2) is 5.99. The fourth-order valence-corrected chi connectivity index (χ4v) is 2.17. The lowest BCUT2D eigenvalue weighted by molar-refractivity contribution is -0.135. The van der Waals surface area contributed by atoms with Crippen molar-refractivity contribution >= 4 is 11.9 Å². The Morgan fingerprint density at radius 1 is 1.00 bits per heavy atom. The van der Waals surface area contributed by atoms with Crippen molar-refractivity contribution < 1.29 is 19.8 Å². The van der Waals surface area contributed by atoms with Gasteiger partial charge in [-0.25, -0.2) is 0 Å². The van der Waals surface area contributed by atoms with Crippen molar-refractivity contribution in [2.24, 2.45) is 0 Å². The number of aromatic hydroxyl groups is 1. The fraction of sp³-hybridized carbons (Fsp3) is 0.529. The van der Waals surface area contributed by atoms with Gasteiger partial charge in [-0.2, -0.15) is 0 Å². The van der Waals surface area contributed by atoms with Gasteiger partial charge in [0.1, 0.15) is 12.3 Å². The first-order valence-electron chi connectivity index (χ1n) is 7.22. The molecular formula is C17H25NO4. The van der Waals surface area contributed by atoms with Crippen LogP contribution in [-0.4, -0.2) is 28.6 Å². The highest BCUT2D eigenvalue weighted by Crippen LogP contribution is 2.39. The summed E-state index contributed by atoms with van der Waals surface area (Å²) in [5.74, 6) is -1.37. The van der Waals surface area contributed by atoms with E-state index in [0.717, 1.165) is 0 Å². The zero-order valence-electron chi connectivity index (χ0n) is 14.1. The Balaban J connectivity index is 3.41. The van der Waals surface area contributed by atoms with Crippen LogP contribution in [0.2, 0.25) is 0 Å². The van der Waals surface area contributed by atoms with Gasteiger partial charge in [0.15, 0.2) is 0 Å². The normalized spacial score (nSPS) is 12.1. The SMILES string of the molecule is CC(C)(C)c1cc(C(=O)NCC(=O)O)cc(C(C)(C)C)c1O. The molecule has 1 aromatic rings. The number of phenolic OH excluding ortho intramolecular Hbond substituents is 1. The number of carbonyl (C=O) groups is 2. The fourth-order valence-electron chi connectivity index (χ4n) is 2.17. The first kappa shape index (κ1) is 18.0. The molecule has 3 N–H and O–H groups in total. The summed E-state index contributed by atoms with van der Waals surface area (Å²) >= 11 is 0. The third-order valence-corrected chi connectivity index (χ3v) is 3.39. The van der Waals surface area contributed by atoms with Crippen LogP contribution in [0.5, 0.6) is 5.75 Å². The van der Waals surface area contributed by atoms with Crippen molar-refractivity contribution in [1.29, 1.82) is 0 Å². The molecule has 0 atom stereocenters. The lowest BCUT2D eigenvalue weighted by Gasteiger charge is -2.28. The van der Waals surface area contributed by atoms with Crippen molar-refractivity contribution in [3.05, 3.63) is 28.8 Å². The maximum Gasteiger partial charge on any atom is 0.322 e. The lowest BCUT2D eigenvalue weighted by atomic mass is 9.78. The molecule has 5 heteroatoms. The molecule has 1 aromatic carbocycles. The Hall–Kier alpha value is -2.04. The Bertz CT molecular complexity index is 557. The second-order valence-corrected chi connectivity index (χ2v) is 7.50. The average Bonchev–Trinajstić information content (AvgIpc) is 2.33. The van der Waals surface area contributed by atoms with Gasteiger partial charge >= 0.3 is 5.97 Å². The number of carboxylic acids is 1. The van der Waals surface area contributed by atoms with Gasteiger partial charge in [0.05, 0.1) is 0 Å². The van der Waals surface area contributed by atoms with Gasteiger partial charge in [-0.3, -0.25) is 9.59 Å². The molecule has 0 bridgehead atoms. The number of carboxylic acid groups (broad SMARTS) is 1. The number of hydrogen-bond donors (Lipinski definition) is 3. The smallest absolute Gasteiger partial charge is 0.322 e. The van der Waals surface area contributed by atoms with Crippen molar-refractivity contribution in [3.8, 4) is 5.75 Å². The maximum absolute atomic E-state index is 12.2. The summed E-state index contributed by atoms with van der Waals surface area (Å²) < 4.78 is 0. The topological polar surface area (TPSA) is 86.6 Å². The van der Waals surface area contributed by atoms with E-state index >= 15 is 0 Å². The predicted octanol–water partition coefficient (Wildman–Crippen LogP) is 2.80. The molecule has 0 radical (unpaired) electrons. The van der Waals surface area contributed by atoms with Crippen LogP contribution in [0.3, 0.4) is 0 Å². The molecule has 0 saturated carbocycles. The molecule has 0 aromatic heterocycles. The molecule has 122 valence electrons. The van der Waals surface area contributed by atoms with E-state index in [4.69, 9.17) is 5.11 Å². The highest BCUT2D eigenvalue weighted by molar-refractivity contribution is 5.96.